The largest absolute Gasteiger partial charge is 0.494 e. The van der Waals surface area contributed by atoms with Crippen molar-refractivity contribution in [3.8, 4) is 11.5 Å². The van der Waals surface area contributed by atoms with Crippen LogP contribution in [0.5, 0.6) is 11.5 Å². The lowest BCUT2D eigenvalue weighted by Gasteiger charge is -2.22. The van der Waals surface area contributed by atoms with Crippen LogP contribution >= 0.6 is 23.2 Å². The van der Waals surface area contributed by atoms with E-state index in [4.69, 9.17) is 37.4 Å². The average Bonchev–Trinajstić information content (AvgIpc) is 3.15. The molecule has 0 aliphatic carbocycles. The maximum Gasteiger partial charge on any atom is 0.343 e. The Morgan fingerprint density at radius 1 is 0.969 bits per heavy atom. The first-order valence-electron chi connectivity index (χ1n) is 10.6. The van der Waals surface area contributed by atoms with Gasteiger partial charge in [-0.25, -0.2) is 4.79 Å². The molecule has 2 aromatic carbocycles. The van der Waals surface area contributed by atoms with E-state index in [1.165, 1.54) is 0 Å². The van der Waals surface area contributed by atoms with Crippen LogP contribution in [0.15, 0.2) is 54.1 Å². The van der Waals surface area contributed by atoms with Gasteiger partial charge in [-0.1, -0.05) is 12.1 Å². The summed E-state index contributed by atoms with van der Waals surface area (Å²) in [6, 6.07) is 13.4. The van der Waals surface area contributed by atoms with Crippen molar-refractivity contribution in [3.05, 3.63) is 65.2 Å². The van der Waals surface area contributed by atoms with Crippen LogP contribution in [0.2, 0.25) is 0 Å². The normalized spacial score (nSPS) is 14.3. The first kappa shape index (κ1) is 24.0. The lowest BCUT2D eigenvalue weighted by molar-refractivity contribution is -0.130. The molecule has 170 valence electrons. The first-order valence-corrected chi connectivity index (χ1v) is 11.7. The molecule has 1 aliphatic heterocycles. The number of cyclic esters (lactones) is 1. The molecule has 3 rings (SSSR count). The summed E-state index contributed by atoms with van der Waals surface area (Å²) >= 11 is 11.8. The standard InChI is InChI=1S/C25H27Cl2NO4/c1-3-30-21-9-10-23(31-4-2)22(17-21)24-16-19(25(29)32-24)15-18-5-7-20(8-6-18)28(13-11-26)14-12-27/h5-10,15-17H,3-4,11-14H2,1-2H3/b19-15-. The Bertz CT molecular complexity index is 980. The highest BCUT2D eigenvalue weighted by Gasteiger charge is 2.25. The fourth-order valence-corrected chi connectivity index (χ4v) is 3.80. The minimum atomic E-state index is -0.403. The summed E-state index contributed by atoms with van der Waals surface area (Å²) < 4.78 is 16.9. The van der Waals surface area contributed by atoms with Gasteiger partial charge in [-0.05, 0) is 61.9 Å². The summed E-state index contributed by atoms with van der Waals surface area (Å²) in [5, 5.41) is 0. The van der Waals surface area contributed by atoms with Gasteiger partial charge in [0.2, 0.25) is 0 Å². The average molecular weight is 476 g/mol. The van der Waals surface area contributed by atoms with Crippen molar-refractivity contribution in [2.75, 3.05) is 43.0 Å². The lowest BCUT2D eigenvalue weighted by Crippen LogP contribution is -2.27. The molecule has 5 nitrogen and oxygen atoms in total. The van der Waals surface area contributed by atoms with Crippen LogP contribution in [0, 0.1) is 0 Å². The Labute approximate surface area is 199 Å². The number of rotatable bonds is 11. The number of carbonyl (C=O) groups excluding carboxylic acids is 1. The van der Waals surface area contributed by atoms with Gasteiger partial charge < -0.3 is 19.1 Å². The van der Waals surface area contributed by atoms with Crippen molar-refractivity contribution in [2.24, 2.45) is 0 Å². The number of esters is 1. The number of anilines is 1. The van der Waals surface area contributed by atoms with Crippen LogP contribution in [-0.4, -0.2) is 44.0 Å². The molecule has 0 amide bonds. The number of carbonyl (C=O) groups is 1. The summed E-state index contributed by atoms with van der Waals surface area (Å²) in [4.78, 5) is 14.7. The van der Waals surface area contributed by atoms with E-state index < -0.39 is 5.97 Å². The van der Waals surface area contributed by atoms with Crippen LogP contribution < -0.4 is 14.4 Å². The smallest absolute Gasteiger partial charge is 0.343 e. The van der Waals surface area contributed by atoms with E-state index in [0.29, 0.717) is 53.4 Å². The van der Waals surface area contributed by atoms with E-state index >= 15 is 0 Å². The monoisotopic (exact) mass is 475 g/mol. The Morgan fingerprint density at radius 3 is 2.28 bits per heavy atom. The topological polar surface area (TPSA) is 48.0 Å². The van der Waals surface area contributed by atoms with Gasteiger partial charge in [-0.2, -0.15) is 0 Å². The zero-order valence-corrected chi connectivity index (χ0v) is 19.8. The van der Waals surface area contributed by atoms with Gasteiger partial charge in [-0.15, -0.1) is 23.2 Å². The second kappa shape index (κ2) is 11.8. The van der Waals surface area contributed by atoms with Crippen molar-refractivity contribution in [1.29, 1.82) is 0 Å². The molecule has 0 saturated carbocycles. The third-order valence-electron chi connectivity index (χ3n) is 4.84. The SMILES string of the molecule is CCOc1ccc(OCC)c(C2=C/C(=C/c3ccc(N(CCCl)CCCl)cc3)C(=O)O2)c1. The Hall–Kier alpha value is -2.63. The number of ether oxygens (including phenoxy) is 3. The summed E-state index contributed by atoms with van der Waals surface area (Å²) in [5.41, 5.74) is 3.08. The first-order chi connectivity index (χ1) is 15.6. The molecule has 0 fully saturated rings. The molecule has 0 radical (unpaired) electrons. The highest BCUT2D eigenvalue weighted by molar-refractivity contribution is 6.18. The van der Waals surface area contributed by atoms with Gasteiger partial charge in [0.15, 0.2) is 0 Å². The van der Waals surface area contributed by atoms with E-state index in [9.17, 15) is 4.79 Å². The van der Waals surface area contributed by atoms with E-state index in [2.05, 4.69) is 4.90 Å². The number of hydrogen-bond donors (Lipinski definition) is 0. The fraction of sp³-hybridized carbons (Fsp3) is 0.320. The van der Waals surface area contributed by atoms with Gasteiger partial charge in [-0.3, -0.25) is 0 Å². The molecule has 2 aromatic rings. The number of nitrogens with zero attached hydrogens (tertiary/aromatic N) is 1. The van der Waals surface area contributed by atoms with E-state index in [0.717, 1.165) is 24.3 Å². The summed E-state index contributed by atoms with van der Waals surface area (Å²) in [5.74, 6) is 2.42. The van der Waals surface area contributed by atoms with Crippen LogP contribution in [0.25, 0.3) is 11.8 Å². The molecular formula is C25H27Cl2NO4. The lowest BCUT2D eigenvalue weighted by atomic mass is 10.1. The van der Waals surface area contributed by atoms with Crippen molar-refractivity contribution in [2.45, 2.75) is 13.8 Å². The quantitative estimate of drug-likeness (QED) is 0.235. The summed E-state index contributed by atoms with van der Waals surface area (Å²) in [6.45, 7) is 6.31. The highest BCUT2D eigenvalue weighted by Crippen LogP contribution is 2.35. The molecular weight excluding hydrogens is 449 g/mol. The molecule has 0 spiro atoms. The van der Waals surface area contributed by atoms with Crippen LogP contribution in [0.3, 0.4) is 0 Å². The summed E-state index contributed by atoms with van der Waals surface area (Å²) in [7, 11) is 0. The maximum atomic E-state index is 12.5. The van der Waals surface area contributed by atoms with Crippen molar-refractivity contribution >= 4 is 46.7 Å². The molecule has 0 bridgehead atoms. The predicted molar refractivity (Wildman–Crippen MR) is 131 cm³/mol. The molecule has 1 heterocycles. The Balaban J connectivity index is 1.87. The second-order valence-electron chi connectivity index (χ2n) is 6.98. The van der Waals surface area contributed by atoms with Gasteiger partial charge in [0.1, 0.15) is 17.3 Å². The molecule has 1 aliphatic rings. The van der Waals surface area contributed by atoms with E-state index in [1.807, 2.05) is 56.3 Å². The van der Waals surface area contributed by atoms with Gasteiger partial charge in [0.25, 0.3) is 0 Å². The van der Waals surface area contributed by atoms with E-state index in [1.54, 1.807) is 12.2 Å². The molecule has 0 unspecified atom stereocenters. The van der Waals surface area contributed by atoms with Crippen LogP contribution in [0.1, 0.15) is 25.0 Å². The fourth-order valence-electron chi connectivity index (χ4n) is 3.40. The minimum Gasteiger partial charge on any atom is -0.494 e. The summed E-state index contributed by atoms with van der Waals surface area (Å²) in [6.07, 6.45) is 3.54. The van der Waals surface area contributed by atoms with Gasteiger partial charge in [0, 0.05) is 30.5 Å². The Kier molecular flexibility index (Phi) is 8.89. The zero-order chi connectivity index (χ0) is 22.9. The Morgan fingerprint density at radius 2 is 1.66 bits per heavy atom. The van der Waals surface area contributed by atoms with Crippen LogP contribution in [0.4, 0.5) is 5.69 Å². The third-order valence-corrected chi connectivity index (χ3v) is 5.18. The van der Waals surface area contributed by atoms with Gasteiger partial charge in [0.05, 0.1) is 24.4 Å². The predicted octanol–water partition coefficient (Wildman–Crippen LogP) is 5.75. The van der Waals surface area contributed by atoms with E-state index in [-0.39, 0.29) is 0 Å². The molecule has 0 atom stereocenters. The highest BCUT2D eigenvalue weighted by atomic mass is 35.5. The van der Waals surface area contributed by atoms with Crippen molar-refractivity contribution in [3.63, 3.8) is 0 Å². The number of benzene rings is 2. The third kappa shape index (κ3) is 5.99. The zero-order valence-electron chi connectivity index (χ0n) is 18.3. The van der Waals surface area contributed by atoms with Gasteiger partial charge >= 0.3 is 5.97 Å². The van der Waals surface area contributed by atoms with Crippen molar-refractivity contribution < 1.29 is 19.0 Å². The number of hydrogen-bond acceptors (Lipinski definition) is 5. The molecule has 7 heteroatoms. The number of halogens is 2. The number of alkyl halides is 2. The molecule has 0 saturated heterocycles. The molecule has 0 aromatic heterocycles. The minimum absolute atomic E-state index is 0.403. The molecule has 32 heavy (non-hydrogen) atoms. The maximum absolute atomic E-state index is 12.5. The van der Waals surface area contributed by atoms with Crippen molar-refractivity contribution in [1.82, 2.24) is 0 Å². The molecule has 0 N–H and O–H groups in total. The van der Waals surface area contributed by atoms with Crippen LogP contribution in [-0.2, 0) is 9.53 Å². The second-order valence-corrected chi connectivity index (χ2v) is 7.73.